The van der Waals surface area contributed by atoms with Crippen LogP contribution in [0.15, 0.2) is 30.3 Å². The Hall–Kier alpha value is -2.76. The number of carboxylic acid groups (broad SMARTS) is 1. The Kier molecular flexibility index (Phi) is 3.98. The van der Waals surface area contributed by atoms with E-state index in [-0.39, 0.29) is 11.3 Å². The number of methoxy groups -OCH3 is 1. The Labute approximate surface area is 121 Å². The normalized spacial score (nSPS) is 10.2. The van der Waals surface area contributed by atoms with Gasteiger partial charge >= 0.3 is 5.97 Å². The van der Waals surface area contributed by atoms with Crippen molar-refractivity contribution in [1.82, 2.24) is 0 Å². The minimum Gasteiger partial charge on any atom is -0.497 e. The monoisotopic (exact) mass is 290 g/mol. The minimum absolute atomic E-state index is 0.231. The second-order valence-electron chi connectivity index (χ2n) is 4.49. The average molecular weight is 290 g/mol. The van der Waals surface area contributed by atoms with Gasteiger partial charge in [0.25, 0.3) is 0 Å². The molecule has 0 aliphatic rings. The van der Waals surface area contributed by atoms with Crippen molar-refractivity contribution in [3.05, 3.63) is 47.3 Å². The third kappa shape index (κ3) is 2.89. The van der Waals surface area contributed by atoms with Gasteiger partial charge in [-0.1, -0.05) is 0 Å². The van der Waals surface area contributed by atoms with Crippen LogP contribution in [0.25, 0.3) is 0 Å². The van der Waals surface area contributed by atoms with Crippen LogP contribution in [-0.2, 0) is 0 Å². The topological polar surface area (TPSA) is 84.6 Å². The van der Waals surface area contributed by atoms with Crippen LogP contribution < -0.4 is 15.8 Å². The van der Waals surface area contributed by atoms with E-state index in [9.17, 15) is 14.3 Å². The van der Waals surface area contributed by atoms with E-state index in [4.69, 9.17) is 10.5 Å². The predicted octanol–water partition coefficient (Wildman–Crippen LogP) is 3.17. The summed E-state index contributed by atoms with van der Waals surface area (Å²) < 4.78 is 18.5. The van der Waals surface area contributed by atoms with E-state index in [0.29, 0.717) is 11.4 Å². The number of halogens is 1. The molecule has 0 amide bonds. The number of hydrogen-bond acceptors (Lipinski definition) is 4. The number of nitrogens with two attached hydrogens (primary N) is 1. The summed E-state index contributed by atoms with van der Waals surface area (Å²) in [6, 6.07) is 7.76. The summed E-state index contributed by atoms with van der Waals surface area (Å²) in [6.07, 6.45) is 0. The highest BCUT2D eigenvalue weighted by Gasteiger charge is 2.18. The van der Waals surface area contributed by atoms with Gasteiger partial charge in [-0.2, -0.15) is 0 Å². The number of aromatic carboxylic acids is 1. The molecule has 0 unspecified atom stereocenters. The van der Waals surface area contributed by atoms with Gasteiger partial charge in [-0.25, -0.2) is 9.18 Å². The number of nitrogens with one attached hydrogen (secondary N) is 1. The van der Waals surface area contributed by atoms with Gasteiger partial charge in [-0.3, -0.25) is 0 Å². The number of carbonyl (C=O) groups is 1. The molecule has 0 radical (unpaired) electrons. The molecule has 21 heavy (non-hydrogen) atoms. The lowest BCUT2D eigenvalue weighted by Gasteiger charge is -2.14. The van der Waals surface area contributed by atoms with Crippen LogP contribution in [0.5, 0.6) is 5.75 Å². The maximum Gasteiger partial charge on any atom is 0.340 e. The molecule has 2 aromatic carbocycles. The summed E-state index contributed by atoms with van der Waals surface area (Å²) in [5.74, 6) is -1.36. The van der Waals surface area contributed by atoms with Crippen molar-refractivity contribution in [3.63, 3.8) is 0 Å². The maximum absolute atomic E-state index is 13.4. The molecular weight excluding hydrogens is 275 g/mol. The number of ether oxygens (including phenoxy) is 1. The zero-order valence-electron chi connectivity index (χ0n) is 11.6. The van der Waals surface area contributed by atoms with Gasteiger partial charge < -0.3 is 20.9 Å². The number of anilines is 3. The van der Waals surface area contributed by atoms with Crippen molar-refractivity contribution in [2.24, 2.45) is 0 Å². The summed E-state index contributed by atoms with van der Waals surface area (Å²) in [7, 11) is 1.56. The lowest BCUT2D eigenvalue weighted by Crippen LogP contribution is -2.09. The molecule has 5 nitrogen and oxygen atoms in total. The Morgan fingerprint density at radius 1 is 1.29 bits per heavy atom. The molecule has 0 bridgehead atoms. The fourth-order valence-electron chi connectivity index (χ4n) is 1.98. The standard InChI is InChI=1S/C15H15FN2O3/c1-8-7-9(21-2)3-5-11(8)18-12-6-4-10(16)14(17)13(12)15(19)20/h3-7,18H,17H2,1-2H3,(H,19,20). The number of benzene rings is 2. The lowest BCUT2D eigenvalue weighted by atomic mass is 10.1. The largest absolute Gasteiger partial charge is 0.497 e. The van der Waals surface area contributed by atoms with E-state index in [1.54, 1.807) is 25.3 Å². The van der Waals surface area contributed by atoms with E-state index in [0.717, 1.165) is 11.6 Å². The molecule has 2 rings (SSSR count). The van der Waals surface area contributed by atoms with E-state index >= 15 is 0 Å². The predicted molar refractivity (Wildman–Crippen MR) is 78.8 cm³/mol. The molecule has 2 aromatic rings. The number of hydrogen-bond donors (Lipinski definition) is 3. The van der Waals surface area contributed by atoms with Crippen molar-refractivity contribution in [1.29, 1.82) is 0 Å². The number of carboxylic acids is 1. The van der Waals surface area contributed by atoms with Crippen molar-refractivity contribution in [2.75, 3.05) is 18.2 Å². The van der Waals surface area contributed by atoms with Crippen molar-refractivity contribution in [2.45, 2.75) is 6.92 Å². The second kappa shape index (κ2) is 5.70. The molecule has 0 saturated carbocycles. The van der Waals surface area contributed by atoms with Crippen molar-refractivity contribution < 1.29 is 19.0 Å². The third-order valence-electron chi connectivity index (χ3n) is 3.11. The molecule has 4 N–H and O–H groups in total. The van der Waals surface area contributed by atoms with Crippen LogP contribution in [0.2, 0.25) is 0 Å². The Morgan fingerprint density at radius 3 is 2.52 bits per heavy atom. The van der Waals surface area contributed by atoms with Crippen molar-refractivity contribution >= 4 is 23.0 Å². The Morgan fingerprint density at radius 2 is 1.95 bits per heavy atom. The summed E-state index contributed by atoms with van der Waals surface area (Å²) in [5.41, 5.74) is 6.60. The minimum atomic E-state index is -1.29. The smallest absolute Gasteiger partial charge is 0.340 e. The molecular formula is C15H15FN2O3. The molecule has 110 valence electrons. The van der Waals surface area contributed by atoms with E-state index in [1.807, 2.05) is 6.92 Å². The highest BCUT2D eigenvalue weighted by molar-refractivity contribution is 6.00. The van der Waals surface area contributed by atoms with Gasteiger partial charge in [-0.15, -0.1) is 0 Å². The first kappa shape index (κ1) is 14.6. The number of nitrogen functional groups attached to an aromatic ring is 1. The van der Waals surface area contributed by atoms with Crippen molar-refractivity contribution in [3.8, 4) is 5.75 Å². The third-order valence-corrected chi connectivity index (χ3v) is 3.11. The van der Waals surface area contributed by atoms with Gasteiger partial charge in [0.1, 0.15) is 17.1 Å². The summed E-state index contributed by atoms with van der Waals surface area (Å²) in [4.78, 5) is 11.3. The van der Waals surface area contributed by atoms with Gasteiger partial charge in [0, 0.05) is 5.69 Å². The zero-order valence-corrected chi connectivity index (χ0v) is 11.6. The summed E-state index contributed by atoms with van der Waals surface area (Å²) >= 11 is 0. The molecule has 6 heteroatoms. The molecule has 0 aromatic heterocycles. The summed E-state index contributed by atoms with van der Waals surface area (Å²) in [5, 5.41) is 12.2. The highest BCUT2D eigenvalue weighted by atomic mass is 19.1. The van der Waals surface area contributed by atoms with Gasteiger partial charge in [0.2, 0.25) is 0 Å². The molecule has 0 aliphatic carbocycles. The first-order chi connectivity index (χ1) is 9.93. The first-order valence-electron chi connectivity index (χ1n) is 6.17. The Bertz CT molecular complexity index is 702. The zero-order chi connectivity index (χ0) is 15.6. The van der Waals surface area contributed by atoms with Crippen LogP contribution in [0, 0.1) is 12.7 Å². The van der Waals surface area contributed by atoms with Gasteiger partial charge in [0.05, 0.1) is 18.5 Å². The maximum atomic E-state index is 13.4. The molecule has 0 saturated heterocycles. The summed E-state index contributed by atoms with van der Waals surface area (Å²) in [6.45, 7) is 1.85. The SMILES string of the molecule is COc1ccc(Nc2ccc(F)c(N)c2C(=O)O)c(C)c1. The lowest BCUT2D eigenvalue weighted by molar-refractivity contribution is 0.0698. The van der Waals surface area contributed by atoms with Gasteiger partial charge in [0.15, 0.2) is 0 Å². The average Bonchev–Trinajstić information content (AvgIpc) is 2.44. The molecule has 0 spiro atoms. The van der Waals surface area contributed by atoms with E-state index < -0.39 is 17.5 Å². The first-order valence-corrected chi connectivity index (χ1v) is 6.17. The fraction of sp³-hybridized carbons (Fsp3) is 0.133. The van der Waals surface area contributed by atoms with E-state index in [1.165, 1.54) is 6.07 Å². The highest BCUT2D eigenvalue weighted by Crippen LogP contribution is 2.30. The number of rotatable bonds is 4. The van der Waals surface area contributed by atoms with E-state index in [2.05, 4.69) is 5.32 Å². The van der Waals surface area contributed by atoms with Crippen LogP contribution in [0.4, 0.5) is 21.5 Å². The van der Waals surface area contributed by atoms with Gasteiger partial charge in [-0.05, 0) is 42.8 Å². The van der Waals surface area contributed by atoms with Crippen LogP contribution >= 0.6 is 0 Å². The Balaban J connectivity index is 2.45. The fourth-order valence-corrected chi connectivity index (χ4v) is 1.98. The van der Waals surface area contributed by atoms with Crippen LogP contribution in [0.1, 0.15) is 15.9 Å². The second-order valence-corrected chi connectivity index (χ2v) is 4.49. The molecule has 0 fully saturated rings. The number of aryl methyl sites for hydroxylation is 1. The van der Waals surface area contributed by atoms with Crippen LogP contribution in [-0.4, -0.2) is 18.2 Å². The molecule has 0 heterocycles. The molecule has 0 aliphatic heterocycles. The van der Waals surface area contributed by atoms with Crippen LogP contribution in [0.3, 0.4) is 0 Å². The molecule has 0 atom stereocenters. The quantitative estimate of drug-likeness (QED) is 0.753.